The van der Waals surface area contributed by atoms with E-state index in [1.807, 2.05) is 30.3 Å². The molecule has 136 valence electrons. The Morgan fingerprint density at radius 3 is 2.00 bits per heavy atom. The maximum absolute atomic E-state index is 12.3. The van der Waals surface area contributed by atoms with Crippen molar-refractivity contribution in [2.75, 3.05) is 10.6 Å². The summed E-state index contributed by atoms with van der Waals surface area (Å²) in [7, 11) is 0. The molecule has 0 radical (unpaired) electrons. The molecule has 5 heteroatoms. The van der Waals surface area contributed by atoms with Gasteiger partial charge >= 0.3 is 0 Å². The molecule has 0 aliphatic rings. The zero-order valence-electron chi connectivity index (χ0n) is 14.6. The van der Waals surface area contributed by atoms with Crippen LogP contribution in [0.4, 0.5) is 11.4 Å². The second-order valence-corrected chi connectivity index (χ2v) is 6.45. The summed E-state index contributed by atoms with van der Waals surface area (Å²) in [5.74, 6) is -0.327. The van der Waals surface area contributed by atoms with Crippen molar-refractivity contribution >= 4 is 34.8 Å². The molecule has 2 N–H and O–H groups in total. The van der Waals surface area contributed by atoms with Gasteiger partial charge in [0.15, 0.2) is 0 Å². The van der Waals surface area contributed by atoms with E-state index in [1.54, 1.807) is 48.5 Å². The molecule has 0 bridgehead atoms. The number of carbonyl (C=O) groups is 2. The standard InChI is InChI=1S/C22H19ClN2O2/c23-20-9-5-4-8-19(20)22(27)25-18-13-11-17(12-14-18)24-21(26)15-10-16-6-2-1-3-7-16/h1-9,11-14H,10,15H2,(H,24,26)(H,25,27). The lowest BCUT2D eigenvalue weighted by atomic mass is 10.1. The van der Waals surface area contributed by atoms with Crippen molar-refractivity contribution < 1.29 is 9.59 Å². The number of aryl methyl sites for hydroxylation is 1. The molecule has 0 saturated heterocycles. The van der Waals surface area contributed by atoms with E-state index in [1.165, 1.54) is 0 Å². The molecule has 0 aromatic heterocycles. The van der Waals surface area contributed by atoms with Crippen LogP contribution in [0.5, 0.6) is 0 Å². The average molecular weight is 379 g/mol. The highest BCUT2D eigenvalue weighted by molar-refractivity contribution is 6.34. The van der Waals surface area contributed by atoms with Gasteiger partial charge in [0, 0.05) is 17.8 Å². The number of benzene rings is 3. The number of amides is 2. The van der Waals surface area contributed by atoms with Crippen LogP contribution < -0.4 is 10.6 Å². The van der Waals surface area contributed by atoms with Crippen molar-refractivity contribution in [2.24, 2.45) is 0 Å². The summed E-state index contributed by atoms with van der Waals surface area (Å²) in [5.41, 5.74) is 2.86. The lowest BCUT2D eigenvalue weighted by molar-refractivity contribution is -0.116. The Labute approximate surface area is 163 Å². The molecule has 2 amide bonds. The summed E-state index contributed by atoms with van der Waals surface area (Å²) >= 11 is 6.03. The van der Waals surface area contributed by atoms with Crippen LogP contribution in [-0.2, 0) is 11.2 Å². The first-order valence-corrected chi connectivity index (χ1v) is 8.99. The van der Waals surface area contributed by atoms with Crippen molar-refractivity contribution in [1.82, 2.24) is 0 Å². The molecular formula is C22H19ClN2O2. The van der Waals surface area contributed by atoms with Crippen molar-refractivity contribution in [3.05, 3.63) is 95.0 Å². The minimum atomic E-state index is -0.278. The lowest BCUT2D eigenvalue weighted by Gasteiger charge is -2.09. The van der Waals surface area contributed by atoms with Crippen LogP contribution in [0.1, 0.15) is 22.3 Å². The van der Waals surface area contributed by atoms with Crippen LogP contribution in [0.3, 0.4) is 0 Å². The minimum absolute atomic E-state index is 0.0493. The number of carbonyl (C=O) groups excluding carboxylic acids is 2. The number of rotatable bonds is 6. The van der Waals surface area contributed by atoms with E-state index < -0.39 is 0 Å². The number of hydrogen-bond donors (Lipinski definition) is 2. The van der Waals surface area contributed by atoms with Crippen LogP contribution in [0.2, 0.25) is 5.02 Å². The molecule has 0 fully saturated rings. The van der Waals surface area contributed by atoms with Gasteiger partial charge in [-0.3, -0.25) is 9.59 Å². The van der Waals surface area contributed by atoms with Crippen LogP contribution in [0, 0.1) is 0 Å². The zero-order chi connectivity index (χ0) is 19.1. The molecule has 0 saturated carbocycles. The van der Waals surface area contributed by atoms with Crippen molar-refractivity contribution in [3.63, 3.8) is 0 Å². The van der Waals surface area contributed by atoms with Gasteiger partial charge in [-0.05, 0) is 48.4 Å². The Balaban J connectivity index is 1.53. The van der Waals surface area contributed by atoms with Gasteiger partial charge in [0.05, 0.1) is 10.6 Å². The van der Waals surface area contributed by atoms with Gasteiger partial charge in [-0.1, -0.05) is 54.1 Å². The third-order valence-electron chi connectivity index (χ3n) is 4.03. The van der Waals surface area contributed by atoms with Gasteiger partial charge in [-0.2, -0.15) is 0 Å². The van der Waals surface area contributed by atoms with E-state index in [-0.39, 0.29) is 11.8 Å². The molecule has 0 unspecified atom stereocenters. The fourth-order valence-corrected chi connectivity index (χ4v) is 2.83. The van der Waals surface area contributed by atoms with Crippen molar-refractivity contribution in [1.29, 1.82) is 0 Å². The van der Waals surface area contributed by atoms with E-state index in [0.717, 1.165) is 5.56 Å². The Bertz CT molecular complexity index is 925. The molecule has 0 atom stereocenters. The predicted octanol–water partition coefficient (Wildman–Crippen LogP) is 5.16. The van der Waals surface area contributed by atoms with Gasteiger partial charge in [-0.15, -0.1) is 0 Å². The molecule has 0 heterocycles. The van der Waals surface area contributed by atoms with Crippen LogP contribution in [0.25, 0.3) is 0 Å². The predicted molar refractivity (Wildman–Crippen MR) is 109 cm³/mol. The summed E-state index contributed by atoms with van der Waals surface area (Å²) in [6.45, 7) is 0. The molecule has 27 heavy (non-hydrogen) atoms. The fourth-order valence-electron chi connectivity index (χ4n) is 2.61. The molecule has 3 aromatic rings. The van der Waals surface area contributed by atoms with E-state index in [2.05, 4.69) is 10.6 Å². The molecule has 3 aromatic carbocycles. The summed E-state index contributed by atoms with van der Waals surface area (Å²) in [4.78, 5) is 24.3. The quantitative estimate of drug-likeness (QED) is 0.622. The van der Waals surface area contributed by atoms with Crippen LogP contribution >= 0.6 is 11.6 Å². The minimum Gasteiger partial charge on any atom is -0.326 e. The molecule has 0 aliphatic heterocycles. The first kappa shape index (κ1) is 18.7. The Hall–Kier alpha value is -3.11. The number of anilines is 2. The van der Waals surface area contributed by atoms with Gasteiger partial charge in [-0.25, -0.2) is 0 Å². The van der Waals surface area contributed by atoms with Crippen molar-refractivity contribution in [2.45, 2.75) is 12.8 Å². The van der Waals surface area contributed by atoms with E-state index in [9.17, 15) is 9.59 Å². The fraction of sp³-hybridized carbons (Fsp3) is 0.0909. The second kappa shape index (κ2) is 9.01. The summed E-state index contributed by atoms with van der Waals surface area (Å²) in [6, 6.07) is 23.7. The third kappa shape index (κ3) is 5.43. The first-order valence-electron chi connectivity index (χ1n) is 8.61. The Morgan fingerprint density at radius 2 is 1.33 bits per heavy atom. The first-order chi connectivity index (χ1) is 13.1. The van der Waals surface area contributed by atoms with Gasteiger partial charge in [0.2, 0.25) is 5.91 Å². The lowest BCUT2D eigenvalue weighted by Crippen LogP contribution is -2.13. The highest BCUT2D eigenvalue weighted by Gasteiger charge is 2.10. The largest absolute Gasteiger partial charge is 0.326 e. The molecule has 0 spiro atoms. The van der Waals surface area contributed by atoms with Gasteiger partial charge < -0.3 is 10.6 Å². The molecule has 0 aliphatic carbocycles. The zero-order valence-corrected chi connectivity index (χ0v) is 15.4. The third-order valence-corrected chi connectivity index (χ3v) is 4.36. The Morgan fingerprint density at radius 1 is 0.741 bits per heavy atom. The number of hydrogen-bond acceptors (Lipinski definition) is 2. The monoisotopic (exact) mass is 378 g/mol. The normalized spacial score (nSPS) is 10.3. The van der Waals surface area contributed by atoms with Gasteiger partial charge in [0.1, 0.15) is 0 Å². The van der Waals surface area contributed by atoms with E-state index >= 15 is 0 Å². The topological polar surface area (TPSA) is 58.2 Å². The Kier molecular flexibility index (Phi) is 6.23. The summed E-state index contributed by atoms with van der Waals surface area (Å²) in [5, 5.41) is 6.05. The van der Waals surface area contributed by atoms with E-state index in [4.69, 9.17) is 11.6 Å². The smallest absolute Gasteiger partial charge is 0.257 e. The maximum Gasteiger partial charge on any atom is 0.257 e. The maximum atomic E-state index is 12.3. The highest BCUT2D eigenvalue weighted by Crippen LogP contribution is 2.19. The summed E-state index contributed by atoms with van der Waals surface area (Å²) in [6.07, 6.45) is 1.10. The average Bonchev–Trinajstić information content (AvgIpc) is 2.69. The van der Waals surface area contributed by atoms with E-state index in [0.29, 0.717) is 34.8 Å². The molecule has 3 rings (SSSR count). The van der Waals surface area contributed by atoms with Crippen LogP contribution in [-0.4, -0.2) is 11.8 Å². The van der Waals surface area contributed by atoms with Crippen molar-refractivity contribution in [3.8, 4) is 0 Å². The second-order valence-electron chi connectivity index (χ2n) is 6.05. The number of halogens is 1. The SMILES string of the molecule is O=C(CCc1ccccc1)Nc1ccc(NC(=O)c2ccccc2Cl)cc1. The van der Waals surface area contributed by atoms with Crippen LogP contribution in [0.15, 0.2) is 78.9 Å². The molecule has 4 nitrogen and oxygen atoms in total. The van der Waals surface area contributed by atoms with Gasteiger partial charge in [0.25, 0.3) is 5.91 Å². The molecular weight excluding hydrogens is 360 g/mol. The summed E-state index contributed by atoms with van der Waals surface area (Å²) < 4.78 is 0. The highest BCUT2D eigenvalue weighted by atomic mass is 35.5. The number of nitrogens with one attached hydrogen (secondary N) is 2.